The predicted molar refractivity (Wildman–Crippen MR) is 82.2 cm³/mol. The van der Waals surface area contributed by atoms with E-state index in [1.54, 1.807) is 16.7 Å². The maximum Gasteiger partial charge on any atom is 0.433 e. The molecular weight excluding hydrogens is 349 g/mol. The van der Waals surface area contributed by atoms with Gasteiger partial charge in [0.1, 0.15) is 5.69 Å². The van der Waals surface area contributed by atoms with E-state index < -0.39 is 11.9 Å². The van der Waals surface area contributed by atoms with Gasteiger partial charge >= 0.3 is 6.18 Å². The molecular formula is C13H13F3N4OS2. The van der Waals surface area contributed by atoms with Crippen molar-refractivity contribution in [2.24, 2.45) is 0 Å². The predicted octanol–water partition coefficient (Wildman–Crippen LogP) is 2.85. The molecule has 0 spiro atoms. The summed E-state index contributed by atoms with van der Waals surface area (Å²) >= 11 is 2.75. The Balaban J connectivity index is 1.89. The molecule has 1 aliphatic heterocycles. The normalized spacial score (nSPS) is 15.9. The van der Waals surface area contributed by atoms with Crippen LogP contribution in [0.2, 0.25) is 0 Å². The molecule has 2 aromatic rings. The fourth-order valence-electron chi connectivity index (χ4n) is 2.24. The first-order valence-corrected chi connectivity index (χ1v) is 8.86. The molecule has 0 atom stereocenters. The minimum absolute atomic E-state index is 0.0418. The van der Waals surface area contributed by atoms with Gasteiger partial charge in [0, 0.05) is 30.0 Å². The number of thioether (sulfide) groups is 1. The third-order valence-corrected chi connectivity index (χ3v) is 5.07. The van der Waals surface area contributed by atoms with Crippen molar-refractivity contribution in [2.75, 3.05) is 24.6 Å². The molecule has 1 amide bonds. The molecule has 1 fully saturated rings. The van der Waals surface area contributed by atoms with Crippen LogP contribution in [0.5, 0.6) is 0 Å². The summed E-state index contributed by atoms with van der Waals surface area (Å²) in [7, 11) is 0. The van der Waals surface area contributed by atoms with Gasteiger partial charge in [-0.2, -0.15) is 30.0 Å². The second-order valence-corrected chi connectivity index (χ2v) is 7.06. The number of nitrogens with zero attached hydrogens (tertiary/aromatic N) is 4. The van der Waals surface area contributed by atoms with Crippen LogP contribution in [-0.4, -0.2) is 50.2 Å². The molecule has 3 rings (SSSR count). The molecule has 0 saturated carbocycles. The van der Waals surface area contributed by atoms with E-state index in [9.17, 15) is 18.0 Å². The van der Waals surface area contributed by atoms with Crippen LogP contribution in [0.25, 0.3) is 5.13 Å². The molecule has 0 aromatic carbocycles. The monoisotopic (exact) mass is 362 g/mol. The lowest BCUT2D eigenvalue weighted by atomic mass is 10.3. The molecule has 3 heterocycles. The number of aromatic nitrogens is 3. The van der Waals surface area contributed by atoms with Gasteiger partial charge in [-0.3, -0.25) is 4.79 Å². The highest BCUT2D eigenvalue weighted by atomic mass is 32.2. The van der Waals surface area contributed by atoms with E-state index >= 15 is 0 Å². The van der Waals surface area contributed by atoms with Crippen LogP contribution in [0, 0.1) is 6.92 Å². The van der Waals surface area contributed by atoms with Gasteiger partial charge in [0.05, 0.1) is 5.69 Å². The molecule has 5 nitrogen and oxygen atoms in total. The minimum Gasteiger partial charge on any atom is -0.336 e. The summed E-state index contributed by atoms with van der Waals surface area (Å²) in [6.45, 7) is 2.74. The number of aryl methyl sites for hydroxylation is 1. The summed E-state index contributed by atoms with van der Waals surface area (Å²) in [6, 6.07) is 0.963. The highest BCUT2D eigenvalue weighted by Gasteiger charge is 2.36. The Morgan fingerprint density at radius 3 is 2.65 bits per heavy atom. The molecule has 0 aliphatic carbocycles. The van der Waals surface area contributed by atoms with Crippen molar-refractivity contribution >= 4 is 29.0 Å². The Kier molecular flexibility index (Phi) is 4.37. The fraction of sp³-hybridized carbons (Fsp3) is 0.462. The summed E-state index contributed by atoms with van der Waals surface area (Å²) in [4.78, 5) is 18.1. The number of hydrogen-bond donors (Lipinski definition) is 0. The summed E-state index contributed by atoms with van der Waals surface area (Å²) < 4.78 is 39.9. The summed E-state index contributed by atoms with van der Waals surface area (Å²) in [5.74, 6) is 1.48. The van der Waals surface area contributed by atoms with Crippen molar-refractivity contribution in [3.63, 3.8) is 0 Å². The zero-order chi connectivity index (χ0) is 16.6. The van der Waals surface area contributed by atoms with Gasteiger partial charge in [-0.15, -0.1) is 11.3 Å². The number of halogens is 3. The van der Waals surface area contributed by atoms with Crippen molar-refractivity contribution in [3.8, 4) is 5.13 Å². The van der Waals surface area contributed by atoms with Crippen molar-refractivity contribution in [2.45, 2.75) is 13.1 Å². The Morgan fingerprint density at radius 2 is 2.00 bits per heavy atom. The standard InChI is InChI=1S/C13H13F3N4OS2/c1-8-6-10(13(14,15)16)20(18-8)12-17-9(7-23-12)11(21)19-2-4-22-5-3-19/h6-7H,2-5H2,1H3. The van der Waals surface area contributed by atoms with E-state index in [1.807, 2.05) is 0 Å². The van der Waals surface area contributed by atoms with Gasteiger partial charge in [-0.1, -0.05) is 0 Å². The molecule has 1 aliphatic rings. The zero-order valence-electron chi connectivity index (χ0n) is 12.1. The molecule has 0 radical (unpaired) electrons. The number of alkyl halides is 3. The van der Waals surface area contributed by atoms with Gasteiger partial charge in [0.15, 0.2) is 5.69 Å². The van der Waals surface area contributed by atoms with E-state index in [2.05, 4.69) is 10.1 Å². The van der Waals surface area contributed by atoms with Crippen LogP contribution in [0.15, 0.2) is 11.4 Å². The molecule has 124 valence electrons. The number of amides is 1. The maximum absolute atomic E-state index is 13.0. The average molecular weight is 362 g/mol. The van der Waals surface area contributed by atoms with Crippen LogP contribution in [0.1, 0.15) is 21.9 Å². The van der Waals surface area contributed by atoms with E-state index in [1.165, 1.54) is 12.3 Å². The number of carbonyl (C=O) groups is 1. The van der Waals surface area contributed by atoms with E-state index in [4.69, 9.17) is 0 Å². The first kappa shape index (κ1) is 16.3. The van der Waals surface area contributed by atoms with Gasteiger partial charge in [-0.05, 0) is 13.0 Å². The van der Waals surface area contributed by atoms with Crippen LogP contribution in [0.4, 0.5) is 13.2 Å². The minimum atomic E-state index is -4.53. The number of rotatable bonds is 2. The SMILES string of the molecule is Cc1cc(C(F)(F)F)n(-c2nc(C(=O)N3CCSCC3)cs2)n1. The maximum atomic E-state index is 13.0. The number of hydrogen-bond acceptors (Lipinski definition) is 5. The number of thiazole rings is 1. The molecule has 10 heteroatoms. The quantitative estimate of drug-likeness (QED) is 0.824. The lowest BCUT2D eigenvalue weighted by Crippen LogP contribution is -2.38. The molecule has 0 unspecified atom stereocenters. The van der Waals surface area contributed by atoms with Gasteiger partial charge < -0.3 is 4.90 Å². The highest BCUT2D eigenvalue weighted by molar-refractivity contribution is 7.99. The Bertz CT molecular complexity index is 719. The van der Waals surface area contributed by atoms with E-state index in [0.717, 1.165) is 33.6 Å². The summed E-state index contributed by atoms with van der Waals surface area (Å²) in [5.41, 5.74) is -0.482. The van der Waals surface area contributed by atoms with Gasteiger partial charge in [0.2, 0.25) is 5.13 Å². The average Bonchev–Trinajstić information content (AvgIpc) is 3.13. The van der Waals surface area contributed by atoms with Gasteiger partial charge in [0.25, 0.3) is 5.91 Å². The second kappa shape index (κ2) is 6.16. The van der Waals surface area contributed by atoms with Crippen LogP contribution >= 0.6 is 23.1 Å². The molecule has 0 bridgehead atoms. The smallest absolute Gasteiger partial charge is 0.336 e. The summed E-state index contributed by atoms with van der Waals surface area (Å²) in [5, 5.41) is 5.37. The molecule has 1 saturated heterocycles. The lowest BCUT2D eigenvalue weighted by molar-refractivity contribution is -0.142. The third kappa shape index (κ3) is 3.37. The Hall–Kier alpha value is -1.55. The Labute approximate surface area is 138 Å². The molecule has 2 aromatic heterocycles. The van der Waals surface area contributed by atoms with Crippen LogP contribution in [-0.2, 0) is 6.18 Å². The number of carbonyl (C=O) groups excluding carboxylic acids is 1. The first-order chi connectivity index (χ1) is 10.9. The summed E-state index contributed by atoms with van der Waals surface area (Å²) in [6.07, 6.45) is -4.53. The van der Waals surface area contributed by atoms with E-state index in [-0.39, 0.29) is 22.4 Å². The molecule has 0 N–H and O–H groups in total. The van der Waals surface area contributed by atoms with Crippen molar-refractivity contribution < 1.29 is 18.0 Å². The van der Waals surface area contributed by atoms with Crippen molar-refractivity contribution in [3.05, 3.63) is 28.5 Å². The largest absolute Gasteiger partial charge is 0.433 e. The van der Waals surface area contributed by atoms with Crippen LogP contribution < -0.4 is 0 Å². The highest BCUT2D eigenvalue weighted by Crippen LogP contribution is 2.32. The first-order valence-electron chi connectivity index (χ1n) is 6.83. The molecule has 23 heavy (non-hydrogen) atoms. The van der Waals surface area contributed by atoms with Gasteiger partial charge in [-0.25, -0.2) is 9.67 Å². The third-order valence-electron chi connectivity index (χ3n) is 3.31. The topological polar surface area (TPSA) is 51.0 Å². The second-order valence-electron chi connectivity index (χ2n) is 5.00. The fourth-order valence-corrected chi connectivity index (χ4v) is 3.90. The Morgan fingerprint density at radius 1 is 1.30 bits per heavy atom. The zero-order valence-corrected chi connectivity index (χ0v) is 13.8. The van der Waals surface area contributed by atoms with Crippen molar-refractivity contribution in [1.82, 2.24) is 19.7 Å². The van der Waals surface area contributed by atoms with Crippen molar-refractivity contribution in [1.29, 1.82) is 0 Å². The lowest BCUT2D eigenvalue weighted by Gasteiger charge is -2.25. The van der Waals surface area contributed by atoms with E-state index in [0.29, 0.717) is 13.1 Å². The van der Waals surface area contributed by atoms with Crippen LogP contribution in [0.3, 0.4) is 0 Å².